The molecule has 2 aromatic rings. The Bertz CT molecular complexity index is 703. The van der Waals surface area contributed by atoms with Gasteiger partial charge in [0.2, 0.25) is 0 Å². The maximum absolute atomic E-state index is 12.4. The molecule has 1 aromatic carbocycles. The normalized spacial score (nSPS) is 17.1. The molecule has 1 aromatic heterocycles. The van der Waals surface area contributed by atoms with E-state index in [1.165, 1.54) is 11.1 Å². The highest BCUT2D eigenvalue weighted by Gasteiger charge is 2.24. The zero-order valence-corrected chi connectivity index (χ0v) is 13.1. The van der Waals surface area contributed by atoms with Crippen molar-refractivity contribution in [1.29, 1.82) is 0 Å². The smallest absolute Gasteiger partial charge is 0.287 e. The van der Waals surface area contributed by atoms with Crippen molar-refractivity contribution in [2.45, 2.75) is 45.6 Å². The lowest BCUT2D eigenvalue weighted by molar-refractivity contribution is 0.0903. The number of hydrogen-bond donors (Lipinski definition) is 2. The molecule has 1 amide bonds. The minimum atomic E-state index is -0.141. The first-order chi connectivity index (χ1) is 10.6. The first-order valence-electron chi connectivity index (χ1n) is 7.87. The highest BCUT2D eigenvalue weighted by Crippen LogP contribution is 2.31. The zero-order valence-electron chi connectivity index (χ0n) is 13.1. The molecule has 1 unspecified atom stereocenters. The third kappa shape index (κ3) is 2.73. The van der Waals surface area contributed by atoms with Crippen LogP contribution < -0.4 is 11.1 Å². The van der Waals surface area contributed by atoms with Crippen LogP contribution in [-0.4, -0.2) is 5.91 Å². The average molecular weight is 298 g/mol. The molecular weight excluding hydrogens is 276 g/mol. The van der Waals surface area contributed by atoms with Gasteiger partial charge in [-0.2, -0.15) is 0 Å². The Morgan fingerprint density at radius 3 is 2.95 bits per heavy atom. The molecular formula is C18H22N2O2. The summed E-state index contributed by atoms with van der Waals surface area (Å²) in [6, 6.07) is 7.79. The quantitative estimate of drug-likeness (QED) is 0.852. The van der Waals surface area contributed by atoms with Gasteiger partial charge in [-0.05, 0) is 61.1 Å². The molecule has 22 heavy (non-hydrogen) atoms. The van der Waals surface area contributed by atoms with E-state index in [1.807, 2.05) is 38.1 Å². The van der Waals surface area contributed by atoms with Gasteiger partial charge in [-0.3, -0.25) is 4.79 Å². The average Bonchev–Trinajstić information content (AvgIpc) is 2.88. The van der Waals surface area contributed by atoms with E-state index in [9.17, 15) is 4.79 Å². The molecule has 4 heteroatoms. The van der Waals surface area contributed by atoms with Gasteiger partial charge in [-0.15, -0.1) is 0 Å². The SMILES string of the molecule is CCc1oc(C(=O)NC2CCCc3cc(N)ccc32)cc1C. The van der Waals surface area contributed by atoms with E-state index in [0.717, 1.165) is 42.7 Å². The molecule has 3 rings (SSSR count). The predicted octanol–water partition coefficient (Wildman–Crippen LogP) is 3.54. The molecule has 1 heterocycles. The standard InChI is InChI=1S/C18H22N2O2/c1-3-16-11(2)9-17(22-16)18(21)20-15-6-4-5-12-10-13(19)7-8-14(12)15/h7-10,15H,3-6,19H2,1-2H3,(H,20,21). The van der Waals surface area contributed by atoms with Crippen LogP contribution in [0, 0.1) is 6.92 Å². The highest BCUT2D eigenvalue weighted by atomic mass is 16.4. The number of amides is 1. The van der Waals surface area contributed by atoms with Gasteiger partial charge in [-0.1, -0.05) is 13.0 Å². The van der Waals surface area contributed by atoms with E-state index in [4.69, 9.17) is 10.2 Å². The minimum absolute atomic E-state index is 0.0346. The van der Waals surface area contributed by atoms with Crippen LogP contribution in [0.1, 0.15) is 58.8 Å². The molecule has 0 saturated heterocycles. The summed E-state index contributed by atoms with van der Waals surface area (Å²) >= 11 is 0. The summed E-state index contributed by atoms with van der Waals surface area (Å²) in [5, 5.41) is 3.10. The Hall–Kier alpha value is -2.23. The number of rotatable bonds is 3. The Labute approximate surface area is 130 Å². The van der Waals surface area contributed by atoms with Crippen molar-refractivity contribution in [2.75, 3.05) is 5.73 Å². The van der Waals surface area contributed by atoms with Gasteiger partial charge in [0.15, 0.2) is 5.76 Å². The van der Waals surface area contributed by atoms with Crippen LogP contribution in [0.2, 0.25) is 0 Å². The second-order valence-corrected chi connectivity index (χ2v) is 5.95. The molecule has 0 saturated carbocycles. The van der Waals surface area contributed by atoms with Crippen molar-refractivity contribution in [1.82, 2.24) is 5.32 Å². The fourth-order valence-corrected chi connectivity index (χ4v) is 3.20. The van der Waals surface area contributed by atoms with E-state index in [2.05, 4.69) is 5.32 Å². The molecule has 1 aliphatic carbocycles. The number of fused-ring (bicyclic) bond motifs is 1. The van der Waals surface area contributed by atoms with Crippen LogP contribution in [0.3, 0.4) is 0 Å². The van der Waals surface area contributed by atoms with E-state index in [1.54, 1.807) is 0 Å². The van der Waals surface area contributed by atoms with Crippen molar-refractivity contribution in [3.63, 3.8) is 0 Å². The number of furan rings is 1. The van der Waals surface area contributed by atoms with Crippen LogP contribution >= 0.6 is 0 Å². The summed E-state index contributed by atoms with van der Waals surface area (Å²) in [6.45, 7) is 3.99. The first-order valence-corrected chi connectivity index (χ1v) is 7.87. The third-order valence-corrected chi connectivity index (χ3v) is 4.35. The van der Waals surface area contributed by atoms with Gasteiger partial charge >= 0.3 is 0 Å². The summed E-state index contributed by atoms with van der Waals surface area (Å²) in [5.74, 6) is 1.14. The lowest BCUT2D eigenvalue weighted by atomic mass is 9.87. The van der Waals surface area contributed by atoms with Crippen molar-refractivity contribution < 1.29 is 9.21 Å². The molecule has 0 fully saturated rings. The van der Waals surface area contributed by atoms with Crippen LogP contribution in [0.25, 0.3) is 0 Å². The van der Waals surface area contributed by atoms with Gasteiger partial charge in [0.25, 0.3) is 5.91 Å². The highest BCUT2D eigenvalue weighted by molar-refractivity contribution is 5.92. The number of nitrogens with one attached hydrogen (secondary N) is 1. The number of anilines is 1. The third-order valence-electron chi connectivity index (χ3n) is 4.35. The van der Waals surface area contributed by atoms with Gasteiger partial charge < -0.3 is 15.5 Å². The second kappa shape index (κ2) is 5.87. The Morgan fingerprint density at radius 1 is 1.41 bits per heavy atom. The number of benzene rings is 1. The van der Waals surface area contributed by atoms with Gasteiger partial charge in [0, 0.05) is 12.1 Å². The molecule has 1 aliphatic rings. The zero-order chi connectivity index (χ0) is 15.7. The number of nitrogen functional groups attached to an aromatic ring is 1. The summed E-state index contributed by atoms with van der Waals surface area (Å²) in [6.07, 6.45) is 3.82. The largest absolute Gasteiger partial charge is 0.456 e. The molecule has 0 aliphatic heterocycles. The van der Waals surface area contributed by atoms with E-state index < -0.39 is 0 Å². The lowest BCUT2D eigenvalue weighted by Gasteiger charge is -2.26. The fraction of sp³-hybridized carbons (Fsp3) is 0.389. The van der Waals surface area contributed by atoms with Gasteiger partial charge in [0.05, 0.1) is 6.04 Å². The number of carbonyl (C=O) groups excluding carboxylic acids is 1. The Morgan fingerprint density at radius 2 is 2.23 bits per heavy atom. The molecule has 116 valence electrons. The molecule has 3 N–H and O–H groups in total. The van der Waals surface area contributed by atoms with Gasteiger partial charge in [0.1, 0.15) is 5.76 Å². The summed E-state index contributed by atoms with van der Waals surface area (Å²) in [4.78, 5) is 12.4. The van der Waals surface area contributed by atoms with E-state index >= 15 is 0 Å². The fourth-order valence-electron chi connectivity index (χ4n) is 3.20. The maximum Gasteiger partial charge on any atom is 0.287 e. The van der Waals surface area contributed by atoms with Crippen LogP contribution in [0.4, 0.5) is 5.69 Å². The van der Waals surface area contributed by atoms with E-state index in [-0.39, 0.29) is 11.9 Å². The topological polar surface area (TPSA) is 68.3 Å². The summed E-state index contributed by atoms with van der Waals surface area (Å²) in [7, 11) is 0. The predicted molar refractivity (Wildman–Crippen MR) is 86.8 cm³/mol. The summed E-state index contributed by atoms with van der Waals surface area (Å²) < 4.78 is 5.64. The lowest BCUT2D eigenvalue weighted by Crippen LogP contribution is -2.30. The van der Waals surface area contributed by atoms with Crippen molar-refractivity contribution >= 4 is 11.6 Å². The molecule has 0 bridgehead atoms. The molecule has 4 nitrogen and oxygen atoms in total. The number of carbonyl (C=O) groups is 1. The Kier molecular flexibility index (Phi) is 3.92. The van der Waals surface area contributed by atoms with Gasteiger partial charge in [-0.25, -0.2) is 0 Å². The number of nitrogens with two attached hydrogens (primary N) is 1. The molecule has 0 spiro atoms. The second-order valence-electron chi connectivity index (χ2n) is 5.95. The number of hydrogen-bond acceptors (Lipinski definition) is 3. The minimum Gasteiger partial charge on any atom is -0.456 e. The molecule has 0 radical (unpaired) electrons. The molecule has 1 atom stereocenters. The first kappa shape index (κ1) is 14.7. The van der Waals surface area contributed by atoms with Crippen LogP contribution in [0.5, 0.6) is 0 Å². The van der Waals surface area contributed by atoms with Crippen LogP contribution in [-0.2, 0) is 12.8 Å². The number of aryl methyl sites for hydroxylation is 3. The van der Waals surface area contributed by atoms with E-state index in [0.29, 0.717) is 5.76 Å². The van der Waals surface area contributed by atoms with Crippen molar-refractivity contribution in [3.8, 4) is 0 Å². The van der Waals surface area contributed by atoms with Crippen molar-refractivity contribution in [2.24, 2.45) is 0 Å². The van der Waals surface area contributed by atoms with Crippen molar-refractivity contribution in [3.05, 3.63) is 52.5 Å². The monoisotopic (exact) mass is 298 g/mol. The summed E-state index contributed by atoms with van der Waals surface area (Å²) in [5.41, 5.74) is 10.1. The Balaban J connectivity index is 1.80. The van der Waals surface area contributed by atoms with Crippen LogP contribution in [0.15, 0.2) is 28.7 Å². The maximum atomic E-state index is 12.4.